The Morgan fingerprint density at radius 2 is 2.31 bits per heavy atom. The maximum absolute atomic E-state index is 5.43. The fourth-order valence-electron chi connectivity index (χ4n) is 1.41. The average Bonchev–Trinajstić information content (AvgIpc) is 2.84. The Balaban J connectivity index is 1.93. The van der Waals surface area contributed by atoms with Gasteiger partial charge in [0, 0.05) is 12.6 Å². The lowest BCUT2D eigenvalue weighted by atomic mass is 10.3. The first-order valence-corrected chi connectivity index (χ1v) is 5.65. The highest BCUT2D eigenvalue weighted by Gasteiger charge is 2.09. The van der Waals surface area contributed by atoms with Crippen LogP contribution in [0.5, 0.6) is 5.88 Å². The number of nitrogens with zero attached hydrogens (tertiary/aromatic N) is 3. The van der Waals surface area contributed by atoms with E-state index in [-0.39, 0.29) is 0 Å². The van der Waals surface area contributed by atoms with Crippen LogP contribution in [0.2, 0.25) is 0 Å². The predicted molar refractivity (Wildman–Crippen MR) is 61.8 cm³/mol. The van der Waals surface area contributed by atoms with Crippen LogP contribution in [0, 0.1) is 0 Å². The molecule has 1 aromatic rings. The van der Waals surface area contributed by atoms with E-state index in [1.807, 2.05) is 12.1 Å². The topological polar surface area (TPSA) is 59.4 Å². The molecule has 2 rings (SSSR count). The van der Waals surface area contributed by atoms with Crippen molar-refractivity contribution in [1.82, 2.24) is 15.5 Å². The minimum atomic E-state index is 0.579. The molecule has 0 bridgehead atoms. The molecule has 0 aromatic carbocycles. The molecule has 5 heteroatoms. The molecule has 0 saturated carbocycles. The molecule has 0 aliphatic carbocycles. The van der Waals surface area contributed by atoms with Gasteiger partial charge in [-0.3, -0.25) is 4.99 Å². The Hall–Kier alpha value is -1.65. The SMILES string of the molecule is CCCCOc1ccc(C2=NCCN2)nn1. The quantitative estimate of drug-likeness (QED) is 0.752. The Morgan fingerprint density at radius 3 is 2.94 bits per heavy atom. The lowest BCUT2D eigenvalue weighted by Gasteiger charge is -2.04. The highest BCUT2D eigenvalue weighted by molar-refractivity contribution is 5.97. The molecular formula is C11H16N4O. The third kappa shape index (κ3) is 2.68. The maximum Gasteiger partial charge on any atom is 0.233 e. The summed E-state index contributed by atoms with van der Waals surface area (Å²) >= 11 is 0. The minimum Gasteiger partial charge on any atom is -0.477 e. The van der Waals surface area contributed by atoms with Crippen LogP contribution < -0.4 is 10.1 Å². The van der Waals surface area contributed by atoms with Crippen LogP contribution in [0.4, 0.5) is 0 Å². The Bertz CT molecular complexity index is 361. The van der Waals surface area contributed by atoms with Crippen LogP contribution in [0.1, 0.15) is 25.5 Å². The number of ether oxygens (including phenoxy) is 1. The molecule has 0 radical (unpaired) electrons. The van der Waals surface area contributed by atoms with Crippen LogP contribution in [0.3, 0.4) is 0 Å². The Kier molecular flexibility index (Phi) is 3.69. The number of amidine groups is 1. The fourth-order valence-corrected chi connectivity index (χ4v) is 1.41. The number of hydrogen-bond acceptors (Lipinski definition) is 5. The van der Waals surface area contributed by atoms with Crippen LogP contribution in [-0.2, 0) is 0 Å². The van der Waals surface area contributed by atoms with Crippen molar-refractivity contribution in [3.8, 4) is 5.88 Å². The Labute approximate surface area is 94.9 Å². The van der Waals surface area contributed by atoms with E-state index in [2.05, 4.69) is 27.4 Å². The molecule has 0 amide bonds. The zero-order chi connectivity index (χ0) is 11.2. The summed E-state index contributed by atoms with van der Waals surface area (Å²) in [6.45, 7) is 4.52. The van der Waals surface area contributed by atoms with E-state index in [1.165, 1.54) is 0 Å². The van der Waals surface area contributed by atoms with Gasteiger partial charge in [0.2, 0.25) is 5.88 Å². The normalized spacial score (nSPS) is 14.4. The van der Waals surface area contributed by atoms with E-state index in [0.29, 0.717) is 12.5 Å². The Morgan fingerprint density at radius 1 is 1.38 bits per heavy atom. The van der Waals surface area contributed by atoms with Crippen LogP contribution >= 0.6 is 0 Å². The van der Waals surface area contributed by atoms with Crippen LogP contribution in [0.25, 0.3) is 0 Å². The summed E-state index contributed by atoms with van der Waals surface area (Å²) in [5, 5.41) is 11.2. The van der Waals surface area contributed by atoms with Crippen molar-refractivity contribution in [3.63, 3.8) is 0 Å². The molecule has 86 valence electrons. The number of aromatic nitrogens is 2. The third-order valence-electron chi connectivity index (χ3n) is 2.30. The number of nitrogens with one attached hydrogen (secondary N) is 1. The second kappa shape index (κ2) is 5.44. The molecule has 0 unspecified atom stereocenters. The molecular weight excluding hydrogens is 204 g/mol. The summed E-state index contributed by atoms with van der Waals surface area (Å²) < 4.78 is 5.43. The molecule has 5 nitrogen and oxygen atoms in total. The second-order valence-corrected chi connectivity index (χ2v) is 3.62. The summed E-state index contributed by atoms with van der Waals surface area (Å²) in [7, 11) is 0. The largest absolute Gasteiger partial charge is 0.477 e. The van der Waals surface area contributed by atoms with Crippen molar-refractivity contribution < 1.29 is 4.74 Å². The maximum atomic E-state index is 5.43. The van der Waals surface area contributed by atoms with Gasteiger partial charge < -0.3 is 10.1 Å². The molecule has 0 spiro atoms. The lowest BCUT2D eigenvalue weighted by molar-refractivity contribution is 0.294. The number of rotatable bonds is 5. The van der Waals surface area contributed by atoms with Gasteiger partial charge in [-0.1, -0.05) is 13.3 Å². The highest BCUT2D eigenvalue weighted by atomic mass is 16.5. The van der Waals surface area contributed by atoms with Crippen molar-refractivity contribution >= 4 is 5.84 Å². The molecule has 0 saturated heterocycles. The van der Waals surface area contributed by atoms with Gasteiger partial charge in [-0.05, 0) is 12.5 Å². The van der Waals surface area contributed by atoms with Crippen molar-refractivity contribution in [2.24, 2.45) is 4.99 Å². The summed E-state index contributed by atoms with van der Waals surface area (Å²) in [5.41, 5.74) is 0.778. The summed E-state index contributed by atoms with van der Waals surface area (Å²) in [4.78, 5) is 4.27. The van der Waals surface area contributed by atoms with Crippen molar-refractivity contribution in [2.75, 3.05) is 19.7 Å². The molecule has 1 aliphatic rings. The van der Waals surface area contributed by atoms with Crippen LogP contribution in [-0.4, -0.2) is 35.7 Å². The number of hydrogen-bond donors (Lipinski definition) is 1. The molecule has 1 N–H and O–H groups in total. The van der Waals surface area contributed by atoms with Crippen LogP contribution in [0.15, 0.2) is 17.1 Å². The van der Waals surface area contributed by atoms with Gasteiger partial charge >= 0.3 is 0 Å². The van der Waals surface area contributed by atoms with Gasteiger partial charge in [-0.2, -0.15) is 0 Å². The average molecular weight is 220 g/mol. The zero-order valence-corrected chi connectivity index (χ0v) is 9.44. The van der Waals surface area contributed by atoms with Gasteiger partial charge in [0.05, 0.1) is 13.2 Å². The molecule has 0 atom stereocenters. The number of aliphatic imine (C=N–C) groups is 1. The molecule has 1 aliphatic heterocycles. The zero-order valence-electron chi connectivity index (χ0n) is 9.44. The van der Waals surface area contributed by atoms with E-state index in [0.717, 1.165) is 37.5 Å². The van der Waals surface area contributed by atoms with Gasteiger partial charge in [0.15, 0.2) is 0 Å². The van der Waals surface area contributed by atoms with E-state index >= 15 is 0 Å². The highest BCUT2D eigenvalue weighted by Crippen LogP contribution is 2.07. The van der Waals surface area contributed by atoms with Gasteiger partial charge in [0.1, 0.15) is 11.5 Å². The summed E-state index contributed by atoms with van der Waals surface area (Å²) in [5.74, 6) is 1.41. The molecule has 16 heavy (non-hydrogen) atoms. The van der Waals surface area contributed by atoms with Crippen molar-refractivity contribution in [2.45, 2.75) is 19.8 Å². The van der Waals surface area contributed by atoms with Gasteiger partial charge in [-0.15, -0.1) is 10.2 Å². The molecule has 2 heterocycles. The lowest BCUT2D eigenvalue weighted by Crippen LogP contribution is -2.21. The first kappa shape index (κ1) is 10.9. The van der Waals surface area contributed by atoms with E-state index in [1.54, 1.807) is 0 Å². The van der Waals surface area contributed by atoms with E-state index in [9.17, 15) is 0 Å². The second-order valence-electron chi connectivity index (χ2n) is 3.62. The standard InChI is InChI=1S/C11H16N4O/c1-2-3-8-16-10-5-4-9(14-15-10)11-12-6-7-13-11/h4-5H,2-3,6-8H2,1H3,(H,12,13). The van der Waals surface area contributed by atoms with Crippen molar-refractivity contribution in [1.29, 1.82) is 0 Å². The smallest absolute Gasteiger partial charge is 0.233 e. The fraction of sp³-hybridized carbons (Fsp3) is 0.545. The van der Waals surface area contributed by atoms with Gasteiger partial charge in [0.25, 0.3) is 0 Å². The first-order valence-electron chi connectivity index (χ1n) is 5.65. The van der Waals surface area contributed by atoms with E-state index in [4.69, 9.17) is 4.74 Å². The summed E-state index contributed by atoms with van der Waals surface area (Å²) in [6.07, 6.45) is 2.16. The number of unbranched alkanes of at least 4 members (excludes halogenated alkanes) is 1. The summed E-state index contributed by atoms with van der Waals surface area (Å²) in [6, 6.07) is 3.71. The first-order chi connectivity index (χ1) is 7.90. The van der Waals surface area contributed by atoms with Crippen molar-refractivity contribution in [3.05, 3.63) is 17.8 Å². The predicted octanol–water partition coefficient (Wildman–Crippen LogP) is 1.01. The van der Waals surface area contributed by atoms with E-state index < -0.39 is 0 Å². The molecule has 1 aromatic heterocycles. The third-order valence-corrected chi connectivity index (χ3v) is 2.30. The minimum absolute atomic E-state index is 0.579. The monoisotopic (exact) mass is 220 g/mol. The molecule has 0 fully saturated rings. The van der Waals surface area contributed by atoms with Gasteiger partial charge in [-0.25, -0.2) is 0 Å².